The Bertz CT molecular complexity index is 737. The Morgan fingerprint density at radius 3 is 2.23 bits per heavy atom. The molecule has 4 heteroatoms. The zero-order valence-corrected chi connectivity index (χ0v) is 13.1. The van der Waals surface area contributed by atoms with Gasteiger partial charge in [0.15, 0.2) is 11.6 Å². The van der Waals surface area contributed by atoms with Crippen molar-refractivity contribution in [3.63, 3.8) is 0 Å². The molecule has 22 heavy (non-hydrogen) atoms. The monoisotopic (exact) mass is 312 g/mol. The highest BCUT2D eigenvalue weighted by Crippen LogP contribution is 2.30. The largest absolute Gasteiger partial charge is 0.381 e. The van der Waals surface area contributed by atoms with Gasteiger partial charge in [0.2, 0.25) is 0 Å². The number of hydrogen-bond donors (Lipinski definition) is 0. The van der Waals surface area contributed by atoms with Gasteiger partial charge in [0.05, 0.1) is 6.61 Å². The average molecular weight is 312 g/mol. The standard InChI is InChI=1S/C18H16O3S/c1-2-21-9-10-22-12-7-8-15-16(11-12)18(20)14-6-4-3-5-13(14)17(15)19/h3-8,11H,2,9-10H2,1H3. The molecule has 0 amide bonds. The highest BCUT2D eigenvalue weighted by Gasteiger charge is 2.29. The number of hydrogen-bond acceptors (Lipinski definition) is 4. The molecule has 2 aromatic rings. The third kappa shape index (κ3) is 2.72. The molecule has 0 aromatic heterocycles. The van der Waals surface area contributed by atoms with Gasteiger partial charge in [-0.2, -0.15) is 0 Å². The molecule has 3 rings (SSSR count). The molecular weight excluding hydrogens is 296 g/mol. The van der Waals surface area contributed by atoms with Gasteiger partial charge in [0, 0.05) is 39.5 Å². The summed E-state index contributed by atoms with van der Waals surface area (Å²) in [5.41, 5.74) is 2.00. The molecule has 0 radical (unpaired) electrons. The summed E-state index contributed by atoms with van der Waals surface area (Å²) in [6.07, 6.45) is 0. The van der Waals surface area contributed by atoms with E-state index in [1.807, 2.05) is 19.1 Å². The molecule has 0 aliphatic heterocycles. The van der Waals surface area contributed by atoms with Gasteiger partial charge >= 0.3 is 0 Å². The van der Waals surface area contributed by atoms with E-state index in [1.54, 1.807) is 42.1 Å². The summed E-state index contributed by atoms with van der Waals surface area (Å²) in [5.74, 6) is 0.680. The molecule has 0 spiro atoms. The summed E-state index contributed by atoms with van der Waals surface area (Å²) >= 11 is 1.63. The minimum absolute atomic E-state index is 0.0718. The van der Waals surface area contributed by atoms with Crippen molar-refractivity contribution < 1.29 is 14.3 Å². The van der Waals surface area contributed by atoms with Gasteiger partial charge in [-0.15, -0.1) is 11.8 Å². The zero-order chi connectivity index (χ0) is 15.5. The first-order chi connectivity index (χ1) is 10.7. The molecule has 3 nitrogen and oxygen atoms in total. The van der Waals surface area contributed by atoms with Crippen molar-refractivity contribution in [2.24, 2.45) is 0 Å². The summed E-state index contributed by atoms with van der Waals surface area (Å²) < 4.78 is 5.31. The van der Waals surface area contributed by atoms with Crippen LogP contribution in [0.1, 0.15) is 38.8 Å². The average Bonchev–Trinajstić information content (AvgIpc) is 2.56. The molecule has 112 valence electrons. The number of ether oxygens (including phenoxy) is 1. The maximum atomic E-state index is 12.6. The lowest BCUT2D eigenvalue weighted by molar-refractivity contribution is 0.0979. The molecule has 0 unspecified atom stereocenters. The second kappa shape index (κ2) is 6.46. The van der Waals surface area contributed by atoms with Crippen molar-refractivity contribution in [3.8, 4) is 0 Å². The Kier molecular flexibility index (Phi) is 4.41. The van der Waals surface area contributed by atoms with Crippen LogP contribution in [-0.2, 0) is 4.74 Å². The van der Waals surface area contributed by atoms with Gasteiger partial charge in [-0.3, -0.25) is 9.59 Å². The van der Waals surface area contributed by atoms with Gasteiger partial charge in [-0.25, -0.2) is 0 Å². The van der Waals surface area contributed by atoms with E-state index in [2.05, 4.69) is 0 Å². The lowest BCUT2D eigenvalue weighted by atomic mass is 9.84. The quantitative estimate of drug-likeness (QED) is 0.533. The molecule has 0 N–H and O–H groups in total. The molecule has 0 fully saturated rings. The fourth-order valence-electron chi connectivity index (χ4n) is 2.53. The van der Waals surface area contributed by atoms with E-state index in [1.165, 1.54) is 0 Å². The normalized spacial score (nSPS) is 13.0. The van der Waals surface area contributed by atoms with Gasteiger partial charge in [0.25, 0.3) is 0 Å². The van der Waals surface area contributed by atoms with E-state index >= 15 is 0 Å². The van der Waals surface area contributed by atoms with Crippen LogP contribution in [0.4, 0.5) is 0 Å². The Balaban J connectivity index is 1.89. The minimum Gasteiger partial charge on any atom is -0.381 e. The number of ketones is 2. The van der Waals surface area contributed by atoms with E-state index in [4.69, 9.17) is 4.74 Å². The molecular formula is C18H16O3S. The van der Waals surface area contributed by atoms with E-state index in [0.29, 0.717) is 35.5 Å². The zero-order valence-electron chi connectivity index (χ0n) is 12.3. The SMILES string of the molecule is CCOCCSc1ccc2c(c1)C(=O)c1ccccc1C2=O. The molecule has 1 aliphatic carbocycles. The third-order valence-electron chi connectivity index (χ3n) is 3.60. The van der Waals surface area contributed by atoms with Crippen LogP contribution in [0.3, 0.4) is 0 Å². The predicted molar refractivity (Wildman–Crippen MR) is 87.0 cm³/mol. The van der Waals surface area contributed by atoms with Crippen molar-refractivity contribution in [1.82, 2.24) is 0 Å². The Morgan fingerprint density at radius 1 is 0.909 bits per heavy atom. The summed E-state index contributed by atoms with van der Waals surface area (Å²) in [7, 11) is 0. The second-order valence-corrected chi connectivity index (χ2v) is 6.12. The summed E-state index contributed by atoms with van der Waals surface area (Å²) in [5, 5.41) is 0. The first-order valence-electron chi connectivity index (χ1n) is 7.25. The topological polar surface area (TPSA) is 43.4 Å². The highest BCUT2D eigenvalue weighted by molar-refractivity contribution is 7.99. The maximum Gasteiger partial charge on any atom is 0.194 e. The van der Waals surface area contributed by atoms with E-state index in [0.717, 1.165) is 10.6 Å². The molecule has 0 saturated heterocycles. The van der Waals surface area contributed by atoms with Crippen molar-refractivity contribution in [3.05, 3.63) is 64.7 Å². The molecule has 1 aliphatic rings. The molecule has 0 atom stereocenters. The maximum absolute atomic E-state index is 12.6. The third-order valence-corrected chi connectivity index (χ3v) is 4.56. The van der Waals surface area contributed by atoms with Gasteiger partial charge in [0.1, 0.15) is 0 Å². The van der Waals surface area contributed by atoms with Gasteiger partial charge < -0.3 is 4.74 Å². The lowest BCUT2D eigenvalue weighted by Gasteiger charge is -2.17. The number of rotatable bonds is 5. The van der Waals surface area contributed by atoms with E-state index in [9.17, 15) is 9.59 Å². The van der Waals surface area contributed by atoms with Crippen LogP contribution in [0.2, 0.25) is 0 Å². The number of carbonyl (C=O) groups is 2. The number of fused-ring (bicyclic) bond motifs is 2. The second-order valence-electron chi connectivity index (χ2n) is 4.96. The molecule has 0 heterocycles. The van der Waals surface area contributed by atoms with Crippen molar-refractivity contribution in [2.45, 2.75) is 11.8 Å². The van der Waals surface area contributed by atoms with Crippen LogP contribution < -0.4 is 0 Å². The fourth-order valence-corrected chi connectivity index (χ4v) is 3.33. The van der Waals surface area contributed by atoms with E-state index in [-0.39, 0.29) is 11.6 Å². The molecule has 0 saturated carbocycles. The van der Waals surface area contributed by atoms with Crippen LogP contribution in [0.15, 0.2) is 47.4 Å². The smallest absolute Gasteiger partial charge is 0.194 e. The minimum atomic E-state index is -0.0731. The first kappa shape index (κ1) is 15.0. The van der Waals surface area contributed by atoms with Crippen LogP contribution in [-0.4, -0.2) is 30.5 Å². The van der Waals surface area contributed by atoms with Crippen LogP contribution >= 0.6 is 11.8 Å². The summed E-state index contributed by atoms with van der Waals surface area (Å²) in [6.45, 7) is 3.34. The predicted octanol–water partition coefficient (Wildman–Crippen LogP) is 3.59. The molecule has 2 aromatic carbocycles. The highest BCUT2D eigenvalue weighted by atomic mass is 32.2. The fraction of sp³-hybridized carbons (Fsp3) is 0.222. The van der Waals surface area contributed by atoms with E-state index < -0.39 is 0 Å². The van der Waals surface area contributed by atoms with Crippen LogP contribution in [0.25, 0.3) is 0 Å². The van der Waals surface area contributed by atoms with Crippen molar-refractivity contribution in [1.29, 1.82) is 0 Å². The summed E-state index contributed by atoms with van der Waals surface area (Å²) in [6, 6.07) is 12.5. The first-order valence-corrected chi connectivity index (χ1v) is 8.24. The van der Waals surface area contributed by atoms with Crippen LogP contribution in [0.5, 0.6) is 0 Å². The summed E-state index contributed by atoms with van der Waals surface area (Å²) in [4.78, 5) is 26.1. The number of carbonyl (C=O) groups excluding carboxylic acids is 2. The van der Waals surface area contributed by atoms with Crippen molar-refractivity contribution >= 4 is 23.3 Å². The van der Waals surface area contributed by atoms with Crippen LogP contribution in [0, 0.1) is 0 Å². The Hall–Kier alpha value is -1.91. The number of benzene rings is 2. The molecule has 0 bridgehead atoms. The number of thioether (sulfide) groups is 1. The van der Waals surface area contributed by atoms with Gasteiger partial charge in [-0.1, -0.05) is 24.3 Å². The van der Waals surface area contributed by atoms with Crippen molar-refractivity contribution in [2.75, 3.05) is 19.0 Å². The Labute approximate surface area is 133 Å². The van der Waals surface area contributed by atoms with Gasteiger partial charge in [-0.05, 0) is 25.1 Å². The Morgan fingerprint density at radius 2 is 1.55 bits per heavy atom. The lowest BCUT2D eigenvalue weighted by Crippen LogP contribution is -2.20.